The predicted molar refractivity (Wildman–Crippen MR) is 393 cm³/mol. The number of aliphatic hydroxyl groups is 1. The molecule has 0 fully saturated rings. The van der Waals surface area contributed by atoms with Crippen molar-refractivity contribution >= 4 is 0 Å². The van der Waals surface area contributed by atoms with Gasteiger partial charge in [-0.05, 0) is 23.6 Å². The van der Waals surface area contributed by atoms with Gasteiger partial charge >= 0.3 is 0 Å². The van der Waals surface area contributed by atoms with Gasteiger partial charge in [-0.25, -0.2) is 0 Å². The van der Waals surface area contributed by atoms with E-state index in [9.17, 15) is 0 Å². The SMILES string of the molecule is CC(C)c1ccccc1.OCCOCCOCCOCCOCCOCCOCCOCCOCCOCCOCCOCCOCCOCCOCCOCCOCCOCCOCCOCCOCCOCCOCCOCCOCCOCCOCCOCCOCCOCCOc1ccccc1. The normalized spacial score (nSPS) is 11.6. The van der Waals surface area contributed by atoms with E-state index in [0.717, 1.165) is 5.75 Å². The van der Waals surface area contributed by atoms with E-state index in [1.54, 1.807) is 0 Å². The second-order valence-corrected chi connectivity index (χ2v) is 22.2. The molecule has 31 heteroatoms. The molecule has 0 aliphatic rings. The fourth-order valence-electron chi connectivity index (χ4n) is 7.90. The van der Waals surface area contributed by atoms with E-state index in [1.807, 2.05) is 36.4 Å². The van der Waals surface area contributed by atoms with Gasteiger partial charge in [0.15, 0.2) is 0 Å². The summed E-state index contributed by atoms with van der Waals surface area (Å²) in [6.45, 7) is 33.0. The average Bonchev–Trinajstić information content (AvgIpc) is 1.28. The highest BCUT2D eigenvalue weighted by Crippen LogP contribution is 2.12. The van der Waals surface area contributed by atoms with Crippen molar-refractivity contribution in [2.24, 2.45) is 0 Å². The minimum absolute atomic E-state index is 0.0164. The summed E-state index contributed by atoms with van der Waals surface area (Å²) in [5, 5.41) is 8.62. The molecule has 0 amide bonds. The lowest BCUT2D eigenvalue weighted by molar-refractivity contribution is -0.0324. The lowest BCUT2D eigenvalue weighted by atomic mass is 10.0. The monoisotopic (exact) mass is 1530 g/mol. The summed E-state index contributed by atoms with van der Waals surface area (Å²) in [5.74, 6) is 1.50. The van der Waals surface area contributed by atoms with Crippen LogP contribution in [-0.4, -0.2) is 402 Å². The predicted octanol–water partition coefficient (Wildman–Crippen LogP) is 4.35. The standard InChI is InChI=1S/C66H126O31.C9H12/c67-6-7-68-8-9-69-10-11-70-12-13-71-14-15-72-16-17-73-18-19-74-20-21-75-22-23-76-24-25-77-26-27-78-28-29-79-30-31-80-32-33-81-34-35-82-36-37-83-38-39-84-40-41-85-42-43-86-44-45-87-46-47-88-48-49-89-50-51-90-52-53-91-54-55-92-56-57-93-58-59-94-60-61-95-62-63-96-64-65-97-66-4-2-1-3-5-66;1-8(2)9-6-4-3-5-7-9/h1-5,67H,6-65H2;3-8H,1-2H3. The number of aliphatic hydroxyl groups excluding tert-OH is 1. The van der Waals surface area contributed by atoms with Crippen LogP contribution >= 0.6 is 0 Å². The molecule has 0 bridgehead atoms. The van der Waals surface area contributed by atoms with Crippen LogP contribution in [-0.2, 0) is 137 Å². The molecular formula is C75H138O31. The summed E-state index contributed by atoms with van der Waals surface area (Å²) >= 11 is 0. The van der Waals surface area contributed by atoms with E-state index in [0.29, 0.717) is 396 Å². The van der Waals surface area contributed by atoms with Crippen LogP contribution in [0, 0.1) is 0 Å². The molecule has 31 nitrogen and oxygen atoms in total. The summed E-state index contributed by atoms with van der Waals surface area (Å²) < 4.78 is 165. The maximum absolute atomic E-state index is 8.62. The summed E-state index contributed by atoms with van der Waals surface area (Å²) in [6, 6.07) is 20.2. The zero-order valence-corrected chi connectivity index (χ0v) is 64.5. The van der Waals surface area contributed by atoms with E-state index in [-0.39, 0.29) is 6.61 Å². The Bertz CT molecular complexity index is 1870. The summed E-state index contributed by atoms with van der Waals surface area (Å²) in [4.78, 5) is 0. The fourth-order valence-corrected chi connectivity index (χ4v) is 7.90. The molecule has 0 saturated carbocycles. The zero-order chi connectivity index (χ0) is 75.4. The number of hydrogen-bond acceptors (Lipinski definition) is 31. The Hall–Kier alpha value is -2.96. The van der Waals surface area contributed by atoms with Gasteiger partial charge in [-0.2, -0.15) is 0 Å². The van der Waals surface area contributed by atoms with Gasteiger partial charge in [0.25, 0.3) is 0 Å². The van der Waals surface area contributed by atoms with Gasteiger partial charge in [0, 0.05) is 0 Å². The highest BCUT2D eigenvalue weighted by molar-refractivity contribution is 5.20. The Kier molecular flexibility index (Phi) is 88.3. The van der Waals surface area contributed by atoms with Crippen LogP contribution in [0.4, 0.5) is 0 Å². The van der Waals surface area contributed by atoms with E-state index in [2.05, 4.69) is 38.1 Å². The molecule has 0 heterocycles. The van der Waals surface area contributed by atoms with Gasteiger partial charge in [-0.3, -0.25) is 0 Å². The van der Waals surface area contributed by atoms with Crippen molar-refractivity contribution in [3.8, 4) is 5.75 Å². The van der Waals surface area contributed by atoms with Crippen LogP contribution in [0.2, 0.25) is 0 Å². The van der Waals surface area contributed by atoms with Crippen LogP contribution in [0.3, 0.4) is 0 Å². The molecule has 106 heavy (non-hydrogen) atoms. The lowest BCUT2D eigenvalue weighted by Crippen LogP contribution is -2.16. The molecule has 0 unspecified atom stereocenters. The molecule has 0 spiro atoms. The molecule has 0 atom stereocenters. The molecular weight excluding hydrogens is 1400 g/mol. The molecule has 0 radical (unpaired) electrons. The molecule has 2 rings (SSSR count). The van der Waals surface area contributed by atoms with Gasteiger partial charge < -0.3 is 147 Å². The van der Waals surface area contributed by atoms with Crippen molar-refractivity contribution in [2.75, 3.05) is 396 Å². The first-order valence-electron chi connectivity index (χ1n) is 37.8. The van der Waals surface area contributed by atoms with Crippen LogP contribution in [0.1, 0.15) is 25.3 Å². The van der Waals surface area contributed by atoms with E-state index < -0.39 is 0 Å². The minimum Gasteiger partial charge on any atom is -0.491 e. The summed E-state index contributed by atoms with van der Waals surface area (Å²) in [5.41, 5.74) is 1.41. The fraction of sp³-hybridized carbons (Fsp3) is 0.840. The Morgan fingerprint density at radius 2 is 0.292 bits per heavy atom. The van der Waals surface area contributed by atoms with E-state index >= 15 is 0 Å². The van der Waals surface area contributed by atoms with E-state index in [4.69, 9.17) is 147 Å². The molecule has 0 aliphatic carbocycles. The Labute approximate surface area is 633 Å². The lowest BCUT2D eigenvalue weighted by Gasteiger charge is -2.09. The first kappa shape index (κ1) is 101. The second-order valence-electron chi connectivity index (χ2n) is 22.2. The van der Waals surface area contributed by atoms with Gasteiger partial charge in [0.1, 0.15) is 12.4 Å². The van der Waals surface area contributed by atoms with Crippen molar-refractivity contribution in [1.82, 2.24) is 0 Å². The topological polar surface area (TPSA) is 297 Å². The van der Waals surface area contributed by atoms with Gasteiger partial charge in [-0.15, -0.1) is 0 Å². The third-order valence-electron chi connectivity index (χ3n) is 13.4. The molecule has 1 N–H and O–H groups in total. The van der Waals surface area contributed by atoms with Crippen LogP contribution in [0.5, 0.6) is 5.75 Å². The molecule has 624 valence electrons. The first-order valence-corrected chi connectivity index (χ1v) is 37.8. The zero-order valence-electron chi connectivity index (χ0n) is 64.5. The van der Waals surface area contributed by atoms with Crippen molar-refractivity contribution in [3.63, 3.8) is 0 Å². The third-order valence-corrected chi connectivity index (χ3v) is 13.4. The van der Waals surface area contributed by atoms with Gasteiger partial charge in [0.2, 0.25) is 0 Å². The Balaban J connectivity index is 0.00000576. The highest BCUT2D eigenvalue weighted by atomic mass is 16.6. The van der Waals surface area contributed by atoms with E-state index in [1.165, 1.54) is 5.56 Å². The number of ether oxygens (including phenoxy) is 30. The smallest absolute Gasteiger partial charge is 0.119 e. The Morgan fingerprint density at radius 3 is 0.415 bits per heavy atom. The highest BCUT2D eigenvalue weighted by Gasteiger charge is 2.03. The minimum atomic E-state index is 0.0164. The number of benzene rings is 2. The summed E-state index contributed by atoms with van der Waals surface area (Å²) in [7, 11) is 0. The number of hydrogen-bond donors (Lipinski definition) is 1. The Morgan fingerprint density at radius 1 is 0.170 bits per heavy atom. The van der Waals surface area contributed by atoms with Gasteiger partial charge in [0.05, 0.1) is 390 Å². The van der Waals surface area contributed by atoms with Crippen LogP contribution < -0.4 is 4.74 Å². The van der Waals surface area contributed by atoms with Crippen LogP contribution in [0.15, 0.2) is 60.7 Å². The summed E-state index contributed by atoms with van der Waals surface area (Å²) in [6.07, 6.45) is 0. The average molecular weight is 1540 g/mol. The van der Waals surface area contributed by atoms with Crippen LogP contribution in [0.25, 0.3) is 0 Å². The largest absolute Gasteiger partial charge is 0.491 e. The maximum atomic E-state index is 8.62. The molecule has 0 aromatic heterocycles. The molecule has 2 aromatic rings. The first-order chi connectivity index (χ1) is 52.7. The van der Waals surface area contributed by atoms with Crippen molar-refractivity contribution < 1.29 is 147 Å². The number of para-hydroxylation sites is 1. The van der Waals surface area contributed by atoms with Crippen molar-refractivity contribution in [3.05, 3.63) is 66.2 Å². The molecule has 2 aromatic carbocycles. The van der Waals surface area contributed by atoms with Crippen molar-refractivity contribution in [2.45, 2.75) is 19.8 Å². The quantitative estimate of drug-likeness (QED) is 0.0900. The molecule has 0 aliphatic heterocycles. The number of rotatable bonds is 91. The maximum Gasteiger partial charge on any atom is 0.119 e. The third kappa shape index (κ3) is 86.6. The molecule has 0 saturated heterocycles. The van der Waals surface area contributed by atoms with Crippen molar-refractivity contribution in [1.29, 1.82) is 0 Å². The van der Waals surface area contributed by atoms with Gasteiger partial charge in [-0.1, -0.05) is 62.4 Å². The second kappa shape index (κ2) is 92.6.